The number of hydrogen-bond acceptors (Lipinski definition) is 2. The Labute approximate surface area is 119 Å². The first kappa shape index (κ1) is 14.3. The minimum absolute atomic E-state index is 0.0389. The molecule has 0 aliphatic carbocycles. The molecule has 1 heterocycles. The van der Waals surface area contributed by atoms with Crippen LogP contribution >= 0.6 is 0 Å². The first-order valence-corrected chi connectivity index (χ1v) is 7.04. The van der Waals surface area contributed by atoms with E-state index in [0.29, 0.717) is 6.54 Å². The fraction of sp³-hybridized carbons (Fsp3) is 0.375. The van der Waals surface area contributed by atoms with Gasteiger partial charge in [-0.25, -0.2) is 4.98 Å². The van der Waals surface area contributed by atoms with Gasteiger partial charge in [0.25, 0.3) is 0 Å². The van der Waals surface area contributed by atoms with Gasteiger partial charge in [0.15, 0.2) is 0 Å². The molecule has 0 radical (unpaired) electrons. The van der Waals surface area contributed by atoms with E-state index in [9.17, 15) is 4.79 Å². The van der Waals surface area contributed by atoms with Crippen LogP contribution in [0.15, 0.2) is 42.9 Å². The van der Waals surface area contributed by atoms with Crippen molar-refractivity contribution in [3.8, 4) is 0 Å². The van der Waals surface area contributed by atoms with E-state index in [1.54, 1.807) is 12.5 Å². The number of aromatic amines is 1. The average molecular weight is 271 g/mol. The molecule has 1 aromatic heterocycles. The minimum atomic E-state index is 0.0389. The largest absolute Gasteiger partial charge is 0.355 e. The van der Waals surface area contributed by atoms with E-state index in [1.165, 1.54) is 5.56 Å². The zero-order valence-corrected chi connectivity index (χ0v) is 11.8. The smallest absolute Gasteiger partial charge is 0.222 e. The van der Waals surface area contributed by atoms with Crippen LogP contribution in [0.4, 0.5) is 0 Å². The number of imidazole rings is 1. The molecular formula is C16H21N3O. The lowest BCUT2D eigenvalue weighted by Crippen LogP contribution is -2.31. The third-order valence-electron chi connectivity index (χ3n) is 3.40. The van der Waals surface area contributed by atoms with E-state index >= 15 is 0 Å². The maximum atomic E-state index is 12.0. The lowest BCUT2D eigenvalue weighted by atomic mass is 10.0. The van der Waals surface area contributed by atoms with Gasteiger partial charge >= 0.3 is 0 Å². The van der Waals surface area contributed by atoms with Crippen LogP contribution in [0.5, 0.6) is 0 Å². The highest BCUT2D eigenvalue weighted by molar-refractivity contribution is 5.78. The second kappa shape index (κ2) is 7.48. The molecule has 0 saturated heterocycles. The Hall–Kier alpha value is -2.10. The lowest BCUT2D eigenvalue weighted by Gasteiger charge is -2.11. The minimum Gasteiger partial charge on any atom is -0.355 e. The molecule has 2 N–H and O–H groups in total. The van der Waals surface area contributed by atoms with Crippen molar-refractivity contribution in [3.05, 3.63) is 54.1 Å². The van der Waals surface area contributed by atoms with Crippen LogP contribution < -0.4 is 5.32 Å². The predicted octanol–water partition coefficient (Wildman–Crippen LogP) is 2.34. The summed E-state index contributed by atoms with van der Waals surface area (Å²) >= 11 is 0. The van der Waals surface area contributed by atoms with E-state index in [0.717, 1.165) is 25.0 Å². The third kappa shape index (κ3) is 4.53. The first-order chi connectivity index (χ1) is 9.75. The average Bonchev–Trinajstić information content (AvgIpc) is 2.99. The topological polar surface area (TPSA) is 57.8 Å². The molecule has 0 fully saturated rings. The Balaban J connectivity index is 1.66. The second-order valence-electron chi connectivity index (χ2n) is 5.04. The van der Waals surface area contributed by atoms with Crippen LogP contribution in [0.1, 0.15) is 24.6 Å². The molecule has 1 amide bonds. The summed E-state index contributed by atoms with van der Waals surface area (Å²) in [5.74, 6) is 0.164. The van der Waals surface area contributed by atoms with Crippen LogP contribution in [0, 0.1) is 5.92 Å². The van der Waals surface area contributed by atoms with Gasteiger partial charge in [0.1, 0.15) is 0 Å². The zero-order valence-electron chi connectivity index (χ0n) is 11.8. The fourth-order valence-electron chi connectivity index (χ4n) is 2.07. The number of nitrogens with one attached hydrogen (secondary N) is 2. The molecular weight excluding hydrogens is 250 g/mol. The highest BCUT2D eigenvalue weighted by Gasteiger charge is 2.12. The Morgan fingerprint density at radius 2 is 2.10 bits per heavy atom. The second-order valence-corrected chi connectivity index (χ2v) is 5.04. The number of carbonyl (C=O) groups excluding carboxylic acids is 1. The molecule has 4 nitrogen and oxygen atoms in total. The van der Waals surface area contributed by atoms with E-state index in [-0.39, 0.29) is 11.8 Å². The molecule has 20 heavy (non-hydrogen) atoms. The number of benzene rings is 1. The molecule has 1 atom stereocenters. The number of hydrogen-bond donors (Lipinski definition) is 2. The fourth-order valence-corrected chi connectivity index (χ4v) is 2.07. The van der Waals surface area contributed by atoms with Gasteiger partial charge in [0.2, 0.25) is 5.91 Å². The van der Waals surface area contributed by atoms with Crippen molar-refractivity contribution in [2.45, 2.75) is 26.2 Å². The van der Waals surface area contributed by atoms with Crippen molar-refractivity contribution in [3.63, 3.8) is 0 Å². The number of amides is 1. The van der Waals surface area contributed by atoms with E-state index in [4.69, 9.17) is 0 Å². The van der Waals surface area contributed by atoms with E-state index in [1.807, 2.05) is 25.1 Å². The number of aryl methyl sites for hydroxylation is 1. The molecule has 106 valence electrons. The van der Waals surface area contributed by atoms with Gasteiger partial charge in [0.05, 0.1) is 6.33 Å². The Morgan fingerprint density at radius 3 is 2.80 bits per heavy atom. The van der Waals surface area contributed by atoms with Gasteiger partial charge < -0.3 is 10.3 Å². The van der Waals surface area contributed by atoms with Crippen molar-refractivity contribution in [2.24, 2.45) is 5.92 Å². The van der Waals surface area contributed by atoms with Crippen molar-refractivity contribution in [2.75, 3.05) is 6.54 Å². The predicted molar refractivity (Wildman–Crippen MR) is 79.2 cm³/mol. The van der Waals surface area contributed by atoms with Crippen LogP contribution in [0.2, 0.25) is 0 Å². The van der Waals surface area contributed by atoms with Crippen molar-refractivity contribution >= 4 is 5.91 Å². The highest BCUT2D eigenvalue weighted by atomic mass is 16.1. The van der Waals surface area contributed by atoms with Crippen molar-refractivity contribution in [1.29, 1.82) is 0 Å². The Bertz CT molecular complexity index is 508. The normalized spacial score (nSPS) is 12.1. The molecule has 0 saturated carbocycles. The van der Waals surface area contributed by atoms with Crippen LogP contribution in [0.25, 0.3) is 0 Å². The SMILES string of the molecule is C[C@@H](CCc1ccccc1)C(=O)NCCc1cnc[nH]1. The van der Waals surface area contributed by atoms with Gasteiger partial charge in [-0.05, 0) is 18.4 Å². The quantitative estimate of drug-likeness (QED) is 0.812. The Kier molecular flexibility index (Phi) is 5.35. The van der Waals surface area contributed by atoms with Crippen molar-refractivity contribution < 1.29 is 4.79 Å². The van der Waals surface area contributed by atoms with Gasteiger partial charge in [-0.15, -0.1) is 0 Å². The lowest BCUT2D eigenvalue weighted by molar-refractivity contribution is -0.124. The summed E-state index contributed by atoms with van der Waals surface area (Å²) in [6, 6.07) is 10.3. The number of nitrogens with zero attached hydrogens (tertiary/aromatic N) is 1. The number of aromatic nitrogens is 2. The number of H-pyrrole nitrogens is 1. The molecule has 4 heteroatoms. The van der Waals surface area contributed by atoms with Crippen LogP contribution in [-0.4, -0.2) is 22.4 Å². The molecule has 1 aromatic carbocycles. The summed E-state index contributed by atoms with van der Waals surface area (Å²) in [5.41, 5.74) is 2.33. The summed E-state index contributed by atoms with van der Waals surface area (Å²) in [6.45, 7) is 2.63. The maximum Gasteiger partial charge on any atom is 0.222 e. The molecule has 0 bridgehead atoms. The van der Waals surface area contributed by atoms with Gasteiger partial charge in [-0.2, -0.15) is 0 Å². The summed E-state index contributed by atoms with van der Waals surface area (Å²) in [5, 5.41) is 2.97. The summed E-state index contributed by atoms with van der Waals surface area (Å²) in [6.07, 6.45) is 6.04. The zero-order chi connectivity index (χ0) is 14.2. The molecule has 2 aromatic rings. The van der Waals surface area contributed by atoms with E-state index < -0.39 is 0 Å². The molecule has 0 spiro atoms. The van der Waals surface area contributed by atoms with Crippen LogP contribution in [0.3, 0.4) is 0 Å². The first-order valence-electron chi connectivity index (χ1n) is 7.04. The summed E-state index contributed by atoms with van der Waals surface area (Å²) in [7, 11) is 0. The summed E-state index contributed by atoms with van der Waals surface area (Å²) < 4.78 is 0. The standard InChI is InChI=1S/C16H21N3O/c1-13(7-8-14-5-3-2-4-6-14)16(20)18-10-9-15-11-17-12-19-15/h2-6,11-13H,7-10H2,1H3,(H,17,19)(H,18,20)/t13-/m0/s1. The molecule has 0 aliphatic heterocycles. The Morgan fingerprint density at radius 1 is 1.30 bits per heavy atom. The number of carbonyl (C=O) groups is 1. The van der Waals surface area contributed by atoms with Gasteiger partial charge in [-0.1, -0.05) is 37.3 Å². The van der Waals surface area contributed by atoms with Crippen molar-refractivity contribution in [1.82, 2.24) is 15.3 Å². The highest BCUT2D eigenvalue weighted by Crippen LogP contribution is 2.09. The van der Waals surface area contributed by atoms with Crippen LogP contribution in [-0.2, 0) is 17.6 Å². The monoisotopic (exact) mass is 271 g/mol. The molecule has 0 unspecified atom stereocenters. The van der Waals surface area contributed by atoms with E-state index in [2.05, 4.69) is 27.4 Å². The maximum absolute atomic E-state index is 12.0. The molecule has 2 rings (SSSR count). The third-order valence-corrected chi connectivity index (χ3v) is 3.40. The summed E-state index contributed by atoms with van der Waals surface area (Å²) in [4.78, 5) is 18.9. The molecule has 0 aliphatic rings. The van der Waals surface area contributed by atoms with Gasteiger partial charge in [-0.3, -0.25) is 4.79 Å². The number of rotatable bonds is 7. The van der Waals surface area contributed by atoms with Gasteiger partial charge in [0, 0.05) is 30.8 Å².